The minimum Gasteiger partial charge on any atom is -0.395 e. The number of nitrogens with two attached hydrogens (primary N) is 1. The number of nitrogens with zero attached hydrogens (tertiary/aromatic N) is 2. The van der Waals surface area contributed by atoms with Gasteiger partial charge in [-0.3, -0.25) is 10.8 Å². The largest absolute Gasteiger partial charge is 0.395 e. The first-order valence-corrected chi connectivity index (χ1v) is 6.67. The van der Waals surface area contributed by atoms with Crippen LogP contribution in [0.4, 0.5) is 14.5 Å². The van der Waals surface area contributed by atoms with Gasteiger partial charge in [0.2, 0.25) is 10.0 Å². The fraction of sp³-hybridized carbons (Fsp3) is 0.444. The molecule has 0 aliphatic rings. The molecule has 0 aliphatic heterocycles. The molecule has 0 aliphatic carbocycles. The molecule has 108 valence electrons. The number of pyridine rings is 1. The van der Waals surface area contributed by atoms with Crippen molar-refractivity contribution >= 4 is 15.7 Å². The predicted octanol–water partition coefficient (Wildman–Crippen LogP) is -0.385. The Hall–Kier alpha value is -1.36. The van der Waals surface area contributed by atoms with Crippen molar-refractivity contribution in [2.75, 3.05) is 25.1 Å². The molecule has 0 fully saturated rings. The second kappa shape index (κ2) is 6.70. The Morgan fingerprint density at radius 3 is 2.74 bits per heavy atom. The minimum atomic E-state index is -4.21. The Morgan fingerprint density at radius 2 is 2.21 bits per heavy atom. The molecule has 19 heavy (non-hydrogen) atoms. The Bertz CT molecular complexity index is 512. The average molecular weight is 296 g/mol. The molecule has 1 aromatic rings. The molecule has 0 unspecified atom stereocenters. The first-order valence-electron chi connectivity index (χ1n) is 5.23. The third-order valence-electron chi connectivity index (χ3n) is 2.25. The molecular formula is C9H14F2N4O3S. The van der Waals surface area contributed by atoms with Gasteiger partial charge in [0.25, 0.3) is 6.43 Å². The molecule has 0 bridgehead atoms. The van der Waals surface area contributed by atoms with E-state index in [1.807, 2.05) is 0 Å². The highest BCUT2D eigenvalue weighted by Gasteiger charge is 2.29. The van der Waals surface area contributed by atoms with Gasteiger partial charge in [-0.05, 0) is 6.07 Å². The normalized spacial score (nSPS) is 12.1. The average Bonchev–Trinajstić information content (AvgIpc) is 2.37. The first-order chi connectivity index (χ1) is 8.93. The smallest absolute Gasteiger partial charge is 0.252 e. The summed E-state index contributed by atoms with van der Waals surface area (Å²) in [5, 5.41) is 8.78. The highest BCUT2D eigenvalue weighted by molar-refractivity contribution is 7.89. The summed E-state index contributed by atoms with van der Waals surface area (Å²) in [7, 11) is -4.21. The molecular weight excluding hydrogens is 282 g/mol. The predicted molar refractivity (Wildman–Crippen MR) is 63.9 cm³/mol. The number of hydrogen-bond acceptors (Lipinski definition) is 6. The Kier molecular flexibility index (Phi) is 5.54. The molecule has 0 atom stereocenters. The summed E-state index contributed by atoms with van der Waals surface area (Å²) in [5.74, 6) is 5.16. The second-order valence-corrected chi connectivity index (χ2v) is 5.40. The van der Waals surface area contributed by atoms with Crippen molar-refractivity contribution < 1.29 is 22.3 Å². The maximum absolute atomic E-state index is 12.4. The van der Waals surface area contributed by atoms with Crippen LogP contribution in [0, 0.1) is 0 Å². The van der Waals surface area contributed by atoms with E-state index in [1.54, 1.807) is 0 Å². The van der Waals surface area contributed by atoms with Crippen molar-refractivity contribution in [3.63, 3.8) is 0 Å². The number of aromatic nitrogens is 1. The molecule has 0 amide bonds. The van der Waals surface area contributed by atoms with Crippen molar-refractivity contribution in [3.05, 3.63) is 18.5 Å². The van der Waals surface area contributed by atoms with E-state index in [-0.39, 0.29) is 10.6 Å². The number of hydrogen-bond donors (Lipinski definition) is 3. The fourth-order valence-corrected chi connectivity index (χ4v) is 2.93. The fourth-order valence-electron chi connectivity index (χ4n) is 1.42. The molecule has 10 heteroatoms. The second-order valence-electron chi connectivity index (χ2n) is 3.49. The summed E-state index contributed by atoms with van der Waals surface area (Å²) in [5.41, 5.74) is 2.19. The van der Waals surface area contributed by atoms with E-state index in [0.29, 0.717) is 4.31 Å². The van der Waals surface area contributed by atoms with E-state index < -0.39 is 36.1 Å². The maximum atomic E-state index is 12.4. The number of rotatable bonds is 7. The van der Waals surface area contributed by atoms with E-state index in [4.69, 9.17) is 10.9 Å². The number of nitrogens with one attached hydrogen (secondary N) is 1. The topological polar surface area (TPSA) is 109 Å². The maximum Gasteiger partial charge on any atom is 0.252 e. The van der Waals surface area contributed by atoms with E-state index in [1.165, 1.54) is 12.3 Å². The van der Waals surface area contributed by atoms with Gasteiger partial charge in [0.1, 0.15) is 4.90 Å². The summed E-state index contributed by atoms with van der Waals surface area (Å²) in [6.45, 7) is -2.02. The summed E-state index contributed by atoms with van der Waals surface area (Å²) in [6.07, 6.45) is -0.551. The Morgan fingerprint density at radius 1 is 1.53 bits per heavy atom. The molecule has 1 rings (SSSR count). The number of aliphatic hydroxyl groups excluding tert-OH is 1. The van der Waals surface area contributed by atoms with E-state index in [2.05, 4.69) is 10.4 Å². The zero-order chi connectivity index (χ0) is 14.5. The summed E-state index contributed by atoms with van der Waals surface area (Å²) in [6, 6.07) is 1.30. The highest BCUT2D eigenvalue weighted by Crippen LogP contribution is 2.23. The summed E-state index contributed by atoms with van der Waals surface area (Å²) < 4.78 is 49.6. The third-order valence-corrected chi connectivity index (χ3v) is 4.14. The van der Waals surface area contributed by atoms with Crippen LogP contribution in [0.25, 0.3) is 0 Å². The molecule has 0 saturated carbocycles. The Labute approximate surface area is 109 Å². The van der Waals surface area contributed by atoms with E-state index in [0.717, 1.165) is 6.20 Å². The lowest BCUT2D eigenvalue weighted by Gasteiger charge is -2.21. The highest BCUT2D eigenvalue weighted by atomic mass is 32.2. The molecule has 0 radical (unpaired) electrons. The lowest BCUT2D eigenvalue weighted by atomic mass is 10.4. The van der Waals surface area contributed by atoms with Gasteiger partial charge in [0.15, 0.2) is 0 Å². The van der Waals surface area contributed by atoms with Gasteiger partial charge in [-0.2, -0.15) is 4.31 Å². The number of nitrogen functional groups attached to an aromatic ring is 1. The van der Waals surface area contributed by atoms with Crippen LogP contribution in [0.3, 0.4) is 0 Å². The Balaban J connectivity index is 3.18. The molecule has 1 heterocycles. The van der Waals surface area contributed by atoms with Gasteiger partial charge < -0.3 is 10.5 Å². The third kappa shape index (κ3) is 3.80. The van der Waals surface area contributed by atoms with Gasteiger partial charge in [0.05, 0.1) is 18.8 Å². The van der Waals surface area contributed by atoms with Gasteiger partial charge in [-0.1, -0.05) is 0 Å². The van der Waals surface area contributed by atoms with Crippen LogP contribution < -0.4 is 11.3 Å². The van der Waals surface area contributed by atoms with Crippen LogP contribution in [0.1, 0.15) is 0 Å². The van der Waals surface area contributed by atoms with Crippen LogP contribution in [0.15, 0.2) is 23.4 Å². The van der Waals surface area contributed by atoms with Gasteiger partial charge >= 0.3 is 0 Å². The summed E-state index contributed by atoms with van der Waals surface area (Å²) in [4.78, 5) is 3.30. The molecule has 1 aromatic heterocycles. The molecule has 0 saturated heterocycles. The van der Waals surface area contributed by atoms with Crippen molar-refractivity contribution in [1.29, 1.82) is 0 Å². The van der Waals surface area contributed by atoms with Crippen LogP contribution in [-0.4, -0.2) is 48.9 Å². The lowest BCUT2D eigenvalue weighted by Crippen LogP contribution is -2.37. The number of anilines is 1. The standard InChI is InChI=1S/C9H14F2N4O3S/c10-9(11)6-15(3-4-16)19(17,18)8-5-13-2-1-7(8)14-12/h1-2,5,9,16H,3-4,6,12H2,(H,13,14). The van der Waals surface area contributed by atoms with Crippen molar-refractivity contribution in [3.8, 4) is 0 Å². The van der Waals surface area contributed by atoms with Crippen LogP contribution in [0.5, 0.6) is 0 Å². The first kappa shape index (κ1) is 15.7. The van der Waals surface area contributed by atoms with Crippen LogP contribution in [-0.2, 0) is 10.0 Å². The number of alkyl halides is 2. The zero-order valence-corrected chi connectivity index (χ0v) is 10.6. The van der Waals surface area contributed by atoms with Crippen molar-refractivity contribution in [2.24, 2.45) is 5.84 Å². The SMILES string of the molecule is NNc1ccncc1S(=O)(=O)N(CCO)CC(F)F. The van der Waals surface area contributed by atoms with Crippen LogP contribution in [0.2, 0.25) is 0 Å². The quantitative estimate of drug-likeness (QED) is 0.467. The molecule has 4 N–H and O–H groups in total. The van der Waals surface area contributed by atoms with E-state index in [9.17, 15) is 17.2 Å². The van der Waals surface area contributed by atoms with Gasteiger partial charge in [-0.25, -0.2) is 17.2 Å². The summed E-state index contributed by atoms with van der Waals surface area (Å²) >= 11 is 0. The number of halogens is 2. The molecule has 0 spiro atoms. The van der Waals surface area contributed by atoms with E-state index >= 15 is 0 Å². The molecule has 7 nitrogen and oxygen atoms in total. The van der Waals surface area contributed by atoms with Crippen molar-refractivity contribution in [2.45, 2.75) is 11.3 Å². The number of aliphatic hydroxyl groups is 1. The molecule has 0 aromatic carbocycles. The zero-order valence-electron chi connectivity index (χ0n) is 9.83. The minimum absolute atomic E-state index is 0.0345. The van der Waals surface area contributed by atoms with Gasteiger partial charge in [0, 0.05) is 18.9 Å². The monoisotopic (exact) mass is 296 g/mol. The van der Waals surface area contributed by atoms with Crippen LogP contribution >= 0.6 is 0 Å². The number of sulfonamides is 1. The lowest BCUT2D eigenvalue weighted by molar-refractivity contribution is 0.113. The van der Waals surface area contributed by atoms with Crippen molar-refractivity contribution in [1.82, 2.24) is 9.29 Å². The number of hydrazine groups is 1. The van der Waals surface area contributed by atoms with Gasteiger partial charge in [-0.15, -0.1) is 0 Å².